The molecular formula is C18H17Cl3O. The largest absolute Gasteiger partial charge is 0.291 e. The summed E-state index contributed by atoms with van der Waals surface area (Å²) in [5.41, 5.74) is 3.55. The van der Waals surface area contributed by atoms with E-state index in [4.69, 9.17) is 34.8 Å². The molecule has 0 N–H and O–H groups in total. The van der Waals surface area contributed by atoms with Crippen LogP contribution in [0.25, 0.3) is 0 Å². The highest BCUT2D eigenvalue weighted by Gasteiger charge is 2.37. The highest BCUT2D eigenvalue weighted by Crippen LogP contribution is 2.39. The van der Waals surface area contributed by atoms with Crippen molar-refractivity contribution < 1.29 is 4.79 Å². The van der Waals surface area contributed by atoms with Crippen molar-refractivity contribution in [1.29, 1.82) is 0 Å². The predicted molar refractivity (Wildman–Crippen MR) is 94.3 cm³/mol. The molecule has 0 radical (unpaired) electrons. The summed E-state index contributed by atoms with van der Waals surface area (Å²) in [6.45, 7) is 3.92. The Labute approximate surface area is 146 Å². The van der Waals surface area contributed by atoms with Crippen molar-refractivity contribution in [2.24, 2.45) is 0 Å². The van der Waals surface area contributed by atoms with Crippen LogP contribution in [0.2, 0.25) is 0 Å². The van der Waals surface area contributed by atoms with Crippen molar-refractivity contribution in [1.82, 2.24) is 0 Å². The lowest BCUT2D eigenvalue weighted by molar-refractivity contribution is 0.0968. The summed E-state index contributed by atoms with van der Waals surface area (Å²) in [7, 11) is 0. The minimum atomic E-state index is -1.55. The second-order valence-corrected chi connectivity index (χ2v) is 7.44. The Balaban J connectivity index is 2.18. The molecule has 116 valence electrons. The molecule has 1 atom stereocenters. The summed E-state index contributed by atoms with van der Waals surface area (Å²) in [5, 5.41) is -0.425. The van der Waals surface area contributed by atoms with Crippen LogP contribution < -0.4 is 0 Å². The Kier molecular flexibility index (Phi) is 5.55. The second-order valence-electron chi connectivity index (χ2n) is 5.43. The van der Waals surface area contributed by atoms with Crippen molar-refractivity contribution in [3.63, 3.8) is 0 Å². The summed E-state index contributed by atoms with van der Waals surface area (Å²) in [6.07, 6.45) is 0.148. The Morgan fingerprint density at radius 1 is 1.05 bits per heavy atom. The molecule has 0 saturated carbocycles. The van der Waals surface area contributed by atoms with E-state index >= 15 is 0 Å². The highest BCUT2D eigenvalue weighted by atomic mass is 35.5. The van der Waals surface area contributed by atoms with E-state index in [1.807, 2.05) is 50.2 Å². The van der Waals surface area contributed by atoms with Crippen molar-refractivity contribution >= 4 is 40.6 Å². The van der Waals surface area contributed by atoms with Crippen LogP contribution in [0.5, 0.6) is 0 Å². The van der Waals surface area contributed by atoms with E-state index in [1.54, 1.807) is 12.1 Å². The van der Waals surface area contributed by atoms with Crippen LogP contribution in [0.3, 0.4) is 0 Å². The van der Waals surface area contributed by atoms with Gasteiger partial charge >= 0.3 is 0 Å². The van der Waals surface area contributed by atoms with Crippen LogP contribution in [0.15, 0.2) is 48.5 Å². The van der Waals surface area contributed by atoms with Gasteiger partial charge in [-0.25, -0.2) is 0 Å². The maximum Gasteiger partial charge on any atom is 0.198 e. The number of benzene rings is 2. The monoisotopic (exact) mass is 354 g/mol. The van der Waals surface area contributed by atoms with Gasteiger partial charge in [-0.3, -0.25) is 4.79 Å². The van der Waals surface area contributed by atoms with Gasteiger partial charge in [0.25, 0.3) is 0 Å². The topological polar surface area (TPSA) is 17.1 Å². The van der Waals surface area contributed by atoms with E-state index in [-0.39, 0.29) is 12.2 Å². The summed E-state index contributed by atoms with van der Waals surface area (Å²) in [5.74, 6) is -0.324. The lowest BCUT2D eigenvalue weighted by Gasteiger charge is -2.22. The number of ketones is 1. The third-order valence-corrected chi connectivity index (χ3v) is 4.65. The number of carbonyl (C=O) groups is 1. The van der Waals surface area contributed by atoms with Crippen LogP contribution in [0.4, 0.5) is 0 Å². The van der Waals surface area contributed by atoms with Gasteiger partial charge in [0.1, 0.15) is 0 Å². The lowest BCUT2D eigenvalue weighted by Crippen LogP contribution is -2.27. The van der Waals surface area contributed by atoms with E-state index in [0.717, 1.165) is 16.7 Å². The first-order chi connectivity index (χ1) is 10.3. The van der Waals surface area contributed by atoms with Crippen LogP contribution in [0.1, 0.15) is 38.8 Å². The van der Waals surface area contributed by atoms with Gasteiger partial charge in [0.2, 0.25) is 0 Å². The zero-order valence-electron chi connectivity index (χ0n) is 12.4. The maximum atomic E-state index is 12.5. The Hall–Kier alpha value is -1.02. The molecule has 1 nitrogen and oxygen atoms in total. The predicted octanol–water partition coefficient (Wildman–Crippen LogP) is 6.03. The highest BCUT2D eigenvalue weighted by molar-refractivity contribution is 6.60. The molecule has 0 aliphatic heterocycles. The molecule has 0 amide bonds. The number of alkyl halides is 3. The van der Waals surface area contributed by atoms with Gasteiger partial charge in [0.05, 0.1) is 5.38 Å². The normalized spacial score (nSPS) is 13.0. The summed E-state index contributed by atoms with van der Waals surface area (Å²) < 4.78 is -1.55. The summed E-state index contributed by atoms with van der Waals surface area (Å²) in [6, 6.07) is 14.9. The number of hydrogen-bond acceptors (Lipinski definition) is 1. The molecular weight excluding hydrogens is 339 g/mol. The van der Waals surface area contributed by atoms with Crippen molar-refractivity contribution in [3.8, 4) is 0 Å². The van der Waals surface area contributed by atoms with Crippen LogP contribution in [0, 0.1) is 13.8 Å². The van der Waals surface area contributed by atoms with Crippen LogP contribution in [-0.4, -0.2) is 10.1 Å². The molecule has 0 aliphatic carbocycles. The van der Waals surface area contributed by atoms with Crippen LogP contribution in [-0.2, 0) is 0 Å². The third-order valence-electron chi connectivity index (χ3n) is 3.61. The molecule has 2 aromatic rings. The quantitative estimate of drug-likeness (QED) is 0.472. The molecule has 4 heteroatoms. The fourth-order valence-electron chi connectivity index (χ4n) is 2.28. The number of rotatable bonds is 5. The van der Waals surface area contributed by atoms with E-state index in [2.05, 4.69) is 0 Å². The summed E-state index contributed by atoms with van der Waals surface area (Å²) in [4.78, 5) is 12.5. The van der Waals surface area contributed by atoms with Crippen molar-refractivity contribution in [3.05, 3.63) is 70.8 Å². The number of Topliss-reactive ketones (excluding diaryl/α,β-unsaturated/α-hetero) is 1. The fraction of sp³-hybridized carbons (Fsp3) is 0.278. The molecule has 0 aromatic heterocycles. The van der Waals surface area contributed by atoms with Crippen molar-refractivity contribution in [2.45, 2.75) is 30.0 Å². The first-order valence-electron chi connectivity index (χ1n) is 7.00. The molecule has 0 fully saturated rings. The number of halogens is 3. The smallest absolute Gasteiger partial charge is 0.198 e. The van der Waals surface area contributed by atoms with Gasteiger partial charge < -0.3 is 0 Å². The molecule has 0 bridgehead atoms. The van der Waals surface area contributed by atoms with Gasteiger partial charge in [-0.15, -0.1) is 11.6 Å². The first kappa shape index (κ1) is 17.3. The molecule has 0 aliphatic rings. The number of carbonyl (C=O) groups excluding carboxylic acids is 1. The molecule has 22 heavy (non-hydrogen) atoms. The van der Waals surface area contributed by atoms with Crippen molar-refractivity contribution in [2.75, 3.05) is 0 Å². The number of hydrogen-bond donors (Lipinski definition) is 0. The van der Waals surface area contributed by atoms with Gasteiger partial charge in [0, 0.05) is 12.0 Å². The maximum absolute atomic E-state index is 12.5. The number of aryl methyl sites for hydroxylation is 2. The zero-order chi connectivity index (χ0) is 16.3. The van der Waals surface area contributed by atoms with E-state index in [1.165, 1.54) is 0 Å². The van der Waals surface area contributed by atoms with E-state index < -0.39 is 9.71 Å². The molecule has 1 unspecified atom stereocenters. The lowest BCUT2D eigenvalue weighted by atomic mass is 9.98. The molecule has 0 saturated heterocycles. The third kappa shape index (κ3) is 4.04. The Bertz CT molecular complexity index is 662. The molecule has 0 spiro atoms. The Morgan fingerprint density at radius 3 is 2.23 bits per heavy atom. The average Bonchev–Trinajstić information content (AvgIpc) is 2.47. The zero-order valence-corrected chi connectivity index (χ0v) is 14.7. The fourth-order valence-corrected chi connectivity index (χ4v) is 3.44. The standard InChI is InChI=1S/C18H17Cl3O/c1-12-7-9-14(10-8-12)17(22)18(20,21)11-16(19)15-6-4-3-5-13(15)2/h3-10,16H,11H2,1-2H3. The van der Waals surface area contributed by atoms with Gasteiger partial charge in [-0.2, -0.15) is 0 Å². The SMILES string of the molecule is Cc1ccc(C(=O)C(Cl)(Cl)CC(Cl)c2ccccc2C)cc1. The Morgan fingerprint density at radius 2 is 1.64 bits per heavy atom. The van der Waals surface area contributed by atoms with Gasteiger partial charge in [-0.05, 0) is 25.0 Å². The minimum Gasteiger partial charge on any atom is -0.291 e. The van der Waals surface area contributed by atoms with Crippen LogP contribution >= 0.6 is 34.8 Å². The average molecular weight is 356 g/mol. The molecule has 2 aromatic carbocycles. The first-order valence-corrected chi connectivity index (χ1v) is 8.19. The van der Waals surface area contributed by atoms with E-state index in [0.29, 0.717) is 5.56 Å². The molecule has 2 rings (SSSR count). The minimum absolute atomic E-state index is 0.148. The van der Waals surface area contributed by atoms with E-state index in [9.17, 15) is 4.79 Å². The second kappa shape index (κ2) is 7.04. The van der Waals surface area contributed by atoms with Gasteiger partial charge in [0.15, 0.2) is 10.1 Å². The molecule has 0 heterocycles. The van der Waals surface area contributed by atoms with Gasteiger partial charge in [-0.1, -0.05) is 77.3 Å². The summed E-state index contributed by atoms with van der Waals surface area (Å²) >= 11 is 19.0.